The van der Waals surface area contributed by atoms with E-state index in [1.807, 2.05) is 30.3 Å². The standard InChI is InChI=1S/C28H33N3O5/c1-20(8-6-11-25(33)30(16-17-32)19-21-9-4-3-5-10-21)28(36)23-18-22(31-15-7-12-26(31)34)13-14-24(23)29(2)27(28)35/h3-6,8-10,13-14,18,20,32,36H,7,11-12,15-17,19H2,1-2H3/b8-6+/t20-,28+/m0/s1. The third-order valence-electron chi connectivity index (χ3n) is 7.08. The van der Waals surface area contributed by atoms with E-state index in [1.54, 1.807) is 54.1 Å². The van der Waals surface area contributed by atoms with Crippen molar-refractivity contribution in [3.63, 3.8) is 0 Å². The lowest BCUT2D eigenvalue weighted by molar-refractivity contribution is -0.139. The number of anilines is 2. The molecule has 0 bridgehead atoms. The molecule has 8 heteroatoms. The Kier molecular flexibility index (Phi) is 7.56. The molecule has 2 atom stereocenters. The highest BCUT2D eigenvalue weighted by molar-refractivity contribution is 6.07. The fourth-order valence-electron chi connectivity index (χ4n) is 4.99. The molecule has 2 aromatic carbocycles. The van der Waals surface area contributed by atoms with Crippen LogP contribution in [0.3, 0.4) is 0 Å². The van der Waals surface area contributed by atoms with Gasteiger partial charge in [-0.3, -0.25) is 14.4 Å². The number of hydrogen-bond acceptors (Lipinski definition) is 5. The Hall–Kier alpha value is -3.49. The summed E-state index contributed by atoms with van der Waals surface area (Å²) in [6.07, 6.45) is 4.70. The van der Waals surface area contributed by atoms with E-state index in [1.165, 1.54) is 4.90 Å². The Morgan fingerprint density at radius 1 is 1.19 bits per heavy atom. The number of carbonyl (C=O) groups is 3. The number of aliphatic hydroxyl groups excluding tert-OH is 1. The molecule has 2 heterocycles. The van der Waals surface area contributed by atoms with Gasteiger partial charge in [-0.2, -0.15) is 0 Å². The summed E-state index contributed by atoms with van der Waals surface area (Å²) in [5, 5.41) is 21.1. The summed E-state index contributed by atoms with van der Waals surface area (Å²) >= 11 is 0. The first-order chi connectivity index (χ1) is 17.3. The van der Waals surface area contributed by atoms with Gasteiger partial charge in [-0.25, -0.2) is 0 Å². The summed E-state index contributed by atoms with van der Waals surface area (Å²) in [6.45, 7) is 2.82. The van der Waals surface area contributed by atoms with Crippen molar-refractivity contribution in [2.45, 2.75) is 38.3 Å². The van der Waals surface area contributed by atoms with Gasteiger partial charge < -0.3 is 24.9 Å². The van der Waals surface area contributed by atoms with Crippen LogP contribution in [0.5, 0.6) is 0 Å². The molecule has 1 saturated heterocycles. The van der Waals surface area contributed by atoms with E-state index in [0.29, 0.717) is 36.4 Å². The van der Waals surface area contributed by atoms with Crippen LogP contribution < -0.4 is 9.80 Å². The molecule has 190 valence electrons. The Morgan fingerprint density at radius 2 is 1.94 bits per heavy atom. The van der Waals surface area contributed by atoms with Crippen LogP contribution in [-0.2, 0) is 26.5 Å². The Bertz CT molecular complexity index is 1170. The van der Waals surface area contributed by atoms with Gasteiger partial charge >= 0.3 is 0 Å². The van der Waals surface area contributed by atoms with E-state index in [0.717, 1.165) is 12.0 Å². The molecule has 0 saturated carbocycles. The number of likely N-dealkylation sites (N-methyl/N-ethyl adjacent to an activating group) is 1. The van der Waals surface area contributed by atoms with Crippen LogP contribution in [0.15, 0.2) is 60.7 Å². The number of carbonyl (C=O) groups excluding carboxylic acids is 3. The minimum atomic E-state index is -1.81. The summed E-state index contributed by atoms with van der Waals surface area (Å²) in [6, 6.07) is 14.9. The fraction of sp³-hybridized carbons (Fsp3) is 0.393. The SMILES string of the molecule is C[C@@H](/C=C/CC(=O)N(CCO)Cc1ccccc1)[C@]1(O)C(=O)N(C)c2ccc(N3CCCC3=O)cc21. The molecule has 0 spiro atoms. The van der Waals surface area contributed by atoms with Crippen LogP contribution >= 0.6 is 0 Å². The molecule has 2 N–H and O–H groups in total. The van der Waals surface area contributed by atoms with Crippen LogP contribution in [0.2, 0.25) is 0 Å². The molecule has 0 aliphatic carbocycles. The molecule has 0 radical (unpaired) electrons. The molecule has 36 heavy (non-hydrogen) atoms. The van der Waals surface area contributed by atoms with Gasteiger partial charge in [-0.05, 0) is 30.2 Å². The zero-order valence-electron chi connectivity index (χ0n) is 20.8. The van der Waals surface area contributed by atoms with Crippen molar-refractivity contribution in [1.82, 2.24) is 4.90 Å². The van der Waals surface area contributed by atoms with Gasteiger partial charge in [0, 0.05) is 56.7 Å². The number of amides is 3. The topological polar surface area (TPSA) is 101 Å². The number of aliphatic hydroxyl groups is 2. The Labute approximate surface area is 211 Å². The number of fused-ring (bicyclic) bond motifs is 1. The smallest absolute Gasteiger partial charge is 0.264 e. The van der Waals surface area contributed by atoms with E-state index in [2.05, 4.69) is 0 Å². The maximum absolute atomic E-state index is 13.2. The van der Waals surface area contributed by atoms with Gasteiger partial charge in [0.2, 0.25) is 11.8 Å². The molecule has 0 aromatic heterocycles. The molecule has 2 aliphatic rings. The second kappa shape index (κ2) is 10.6. The zero-order valence-corrected chi connectivity index (χ0v) is 20.8. The maximum atomic E-state index is 13.2. The first kappa shape index (κ1) is 25.6. The van der Waals surface area contributed by atoms with Gasteiger partial charge in [0.05, 0.1) is 12.3 Å². The molecule has 2 aromatic rings. The summed E-state index contributed by atoms with van der Waals surface area (Å²) in [5.74, 6) is -1.19. The van der Waals surface area contributed by atoms with Gasteiger partial charge in [0.25, 0.3) is 5.91 Å². The minimum Gasteiger partial charge on any atom is -0.395 e. The summed E-state index contributed by atoms with van der Waals surface area (Å²) in [4.78, 5) is 43.0. The normalized spacial score (nSPS) is 20.3. The summed E-state index contributed by atoms with van der Waals surface area (Å²) in [5.41, 5.74) is 0.893. The molecule has 4 rings (SSSR count). The predicted octanol–water partition coefficient (Wildman–Crippen LogP) is 2.58. The van der Waals surface area contributed by atoms with Crippen molar-refractivity contribution in [2.75, 3.05) is 36.5 Å². The lowest BCUT2D eigenvalue weighted by Gasteiger charge is -2.27. The van der Waals surface area contributed by atoms with Crippen molar-refractivity contribution >= 4 is 29.1 Å². The van der Waals surface area contributed by atoms with Crippen molar-refractivity contribution in [2.24, 2.45) is 5.92 Å². The van der Waals surface area contributed by atoms with Gasteiger partial charge in [-0.1, -0.05) is 49.4 Å². The van der Waals surface area contributed by atoms with E-state index in [-0.39, 0.29) is 31.4 Å². The molecule has 3 amide bonds. The Morgan fingerprint density at radius 3 is 2.61 bits per heavy atom. The van der Waals surface area contributed by atoms with Crippen molar-refractivity contribution in [3.05, 3.63) is 71.8 Å². The average molecular weight is 492 g/mol. The van der Waals surface area contributed by atoms with Gasteiger partial charge in [0.15, 0.2) is 5.60 Å². The minimum absolute atomic E-state index is 0.0329. The lowest BCUT2D eigenvalue weighted by atomic mass is 9.82. The number of nitrogens with zero attached hydrogens (tertiary/aromatic N) is 3. The fourth-order valence-corrected chi connectivity index (χ4v) is 4.99. The van der Waals surface area contributed by atoms with Crippen LogP contribution in [0, 0.1) is 5.92 Å². The maximum Gasteiger partial charge on any atom is 0.264 e. The van der Waals surface area contributed by atoms with Crippen LogP contribution in [0.1, 0.15) is 37.3 Å². The Balaban J connectivity index is 1.51. The molecule has 0 unspecified atom stereocenters. The van der Waals surface area contributed by atoms with E-state index in [4.69, 9.17) is 0 Å². The van der Waals surface area contributed by atoms with E-state index < -0.39 is 17.4 Å². The van der Waals surface area contributed by atoms with Crippen LogP contribution in [0.25, 0.3) is 0 Å². The third kappa shape index (κ3) is 4.79. The van der Waals surface area contributed by atoms with Crippen molar-refractivity contribution in [1.29, 1.82) is 0 Å². The van der Waals surface area contributed by atoms with E-state index in [9.17, 15) is 24.6 Å². The average Bonchev–Trinajstić information content (AvgIpc) is 3.39. The second-order valence-electron chi connectivity index (χ2n) is 9.43. The first-order valence-corrected chi connectivity index (χ1v) is 12.3. The molecule has 2 aliphatic heterocycles. The highest BCUT2D eigenvalue weighted by Crippen LogP contribution is 2.46. The third-order valence-corrected chi connectivity index (χ3v) is 7.08. The first-order valence-electron chi connectivity index (χ1n) is 12.3. The van der Waals surface area contributed by atoms with E-state index >= 15 is 0 Å². The molecule has 8 nitrogen and oxygen atoms in total. The highest BCUT2D eigenvalue weighted by atomic mass is 16.3. The van der Waals surface area contributed by atoms with Crippen molar-refractivity contribution < 1.29 is 24.6 Å². The van der Waals surface area contributed by atoms with Gasteiger partial charge in [-0.15, -0.1) is 0 Å². The molecular weight excluding hydrogens is 458 g/mol. The lowest BCUT2D eigenvalue weighted by Crippen LogP contribution is -2.43. The highest BCUT2D eigenvalue weighted by Gasteiger charge is 2.51. The molecule has 1 fully saturated rings. The molecular formula is C28H33N3O5. The number of rotatable bonds is 9. The van der Waals surface area contributed by atoms with Crippen molar-refractivity contribution in [3.8, 4) is 0 Å². The second-order valence-corrected chi connectivity index (χ2v) is 9.43. The van der Waals surface area contributed by atoms with Crippen LogP contribution in [-0.4, -0.2) is 59.6 Å². The number of hydrogen-bond donors (Lipinski definition) is 2. The largest absolute Gasteiger partial charge is 0.395 e. The van der Waals surface area contributed by atoms with Crippen LogP contribution in [0.4, 0.5) is 11.4 Å². The zero-order chi connectivity index (χ0) is 25.9. The number of benzene rings is 2. The quantitative estimate of drug-likeness (QED) is 0.525. The monoisotopic (exact) mass is 491 g/mol. The summed E-state index contributed by atoms with van der Waals surface area (Å²) < 4.78 is 0. The summed E-state index contributed by atoms with van der Waals surface area (Å²) in [7, 11) is 1.62. The predicted molar refractivity (Wildman–Crippen MR) is 137 cm³/mol. The van der Waals surface area contributed by atoms with Gasteiger partial charge in [0.1, 0.15) is 0 Å².